The Morgan fingerprint density at radius 2 is 2.06 bits per heavy atom. The predicted molar refractivity (Wildman–Crippen MR) is 67.3 cm³/mol. The zero-order valence-corrected chi connectivity index (χ0v) is 10.5. The van der Waals surface area contributed by atoms with Crippen molar-refractivity contribution in [2.45, 2.75) is 20.4 Å². The number of nitrogens with one attached hydrogen (secondary N) is 1. The average Bonchev–Trinajstić information content (AvgIpc) is 2.16. The first-order valence-corrected chi connectivity index (χ1v) is 5.69. The van der Waals surface area contributed by atoms with E-state index in [-0.39, 0.29) is 5.82 Å². The molecule has 0 saturated carbocycles. The number of para-hydroxylation sites is 1. The maximum Gasteiger partial charge on any atom is 0.146 e. The third-order valence-electron chi connectivity index (χ3n) is 2.46. The van der Waals surface area contributed by atoms with Gasteiger partial charge in [-0.1, -0.05) is 26.0 Å². The van der Waals surface area contributed by atoms with Crippen LogP contribution in [0.4, 0.5) is 10.1 Å². The number of nitrogens with zero attached hydrogens (tertiary/aromatic N) is 1. The topological polar surface area (TPSA) is 15.3 Å². The van der Waals surface area contributed by atoms with Gasteiger partial charge < -0.3 is 10.2 Å². The molecule has 0 heterocycles. The highest BCUT2D eigenvalue weighted by atomic mass is 19.1. The Balaban J connectivity index is 2.99. The van der Waals surface area contributed by atoms with Crippen LogP contribution in [0.1, 0.15) is 19.4 Å². The van der Waals surface area contributed by atoms with E-state index in [1.165, 1.54) is 6.07 Å². The molecule has 0 aromatic heterocycles. The first kappa shape index (κ1) is 13.0. The van der Waals surface area contributed by atoms with Crippen LogP contribution in [0.2, 0.25) is 0 Å². The lowest BCUT2D eigenvalue weighted by Crippen LogP contribution is -2.25. The van der Waals surface area contributed by atoms with Crippen LogP contribution in [0.25, 0.3) is 0 Å². The fraction of sp³-hybridized carbons (Fsp3) is 0.538. The highest BCUT2D eigenvalue weighted by Crippen LogP contribution is 2.24. The lowest BCUT2D eigenvalue weighted by molar-refractivity contribution is 0.595. The number of benzene rings is 1. The molecule has 0 radical (unpaired) electrons. The van der Waals surface area contributed by atoms with Gasteiger partial charge in [0.2, 0.25) is 0 Å². The third-order valence-corrected chi connectivity index (χ3v) is 2.46. The molecule has 0 spiro atoms. The number of hydrogen-bond acceptors (Lipinski definition) is 2. The van der Waals surface area contributed by atoms with E-state index in [4.69, 9.17) is 0 Å². The molecule has 0 saturated heterocycles. The number of anilines is 1. The van der Waals surface area contributed by atoms with Gasteiger partial charge in [-0.2, -0.15) is 0 Å². The van der Waals surface area contributed by atoms with Gasteiger partial charge in [0.1, 0.15) is 5.82 Å². The number of halogens is 1. The second-order valence-electron chi connectivity index (χ2n) is 4.55. The van der Waals surface area contributed by atoms with E-state index in [1.807, 2.05) is 25.1 Å². The molecule has 2 nitrogen and oxygen atoms in total. The van der Waals surface area contributed by atoms with Crippen LogP contribution in [0.5, 0.6) is 0 Å². The highest BCUT2D eigenvalue weighted by molar-refractivity contribution is 5.54. The molecule has 0 aliphatic rings. The minimum Gasteiger partial charge on any atom is -0.372 e. The van der Waals surface area contributed by atoms with Crippen LogP contribution >= 0.6 is 0 Å². The maximum absolute atomic E-state index is 13.8. The summed E-state index contributed by atoms with van der Waals surface area (Å²) in [6, 6.07) is 5.24. The minimum atomic E-state index is -0.143. The van der Waals surface area contributed by atoms with Crippen molar-refractivity contribution in [3.63, 3.8) is 0 Å². The zero-order valence-electron chi connectivity index (χ0n) is 10.5. The van der Waals surface area contributed by atoms with Gasteiger partial charge >= 0.3 is 0 Å². The molecule has 1 aromatic rings. The van der Waals surface area contributed by atoms with Gasteiger partial charge in [0.05, 0.1) is 5.69 Å². The molecular weight excluding hydrogens is 203 g/mol. The number of rotatable bonds is 5. The first-order valence-electron chi connectivity index (χ1n) is 5.69. The van der Waals surface area contributed by atoms with E-state index in [9.17, 15) is 4.39 Å². The lowest BCUT2D eigenvalue weighted by Gasteiger charge is -2.24. The summed E-state index contributed by atoms with van der Waals surface area (Å²) in [7, 11) is 3.81. The van der Waals surface area contributed by atoms with Crippen molar-refractivity contribution < 1.29 is 4.39 Å². The molecule has 0 aliphatic carbocycles. The van der Waals surface area contributed by atoms with Crippen molar-refractivity contribution in [3.05, 3.63) is 29.6 Å². The molecule has 0 amide bonds. The lowest BCUT2D eigenvalue weighted by atomic mass is 10.1. The Hall–Kier alpha value is -1.09. The largest absolute Gasteiger partial charge is 0.372 e. The van der Waals surface area contributed by atoms with Gasteiger partial charge in [-0.05, 0) is 24.6 Å². The van der Waals surface area contributed by atoms with E-state index in [1.54, 1.807) is 6.07 Å². The molecular formula is C13H21FN2. The van der Waals surface area contributed by atoms with Gasteiger partial charge in [-0.3, -0.25) is 0 Å². The Morgan fingerprint density at radius 3 is 2.62 bits per heavy atom. The molecule has 1 aromatic carbocycles. The second-order valence-corrected chi connectivity index (χ2v) is 4.55. The monoisotopic (exact) mass is 224 g/mol. The average molecular weight is 224 g/mol. The quantitative estimate of drug-likeness (QED) is 0.827. The molecule has 0 fully saturated rings. The highest BCUT2D eigenvalue weighted by Gasteiger charge is 2.13. The second kappa shape index (κ2) is 5.85. The molecule has 0 atom stereocenters. The van der Waals surface area contributed by atoms with Gasteiger partial charge in [-0.15, -0.1) is 0 Å². The fourth-order valence-corrected chi connectivity index (χ4v) is 1.96. The molecule has 0 aliphatic heterocycles. The summed E-state index contributed by atoms with van der Waals surface area (Å²) in [4.78, 5) is 1.99. The summed E-state index contributed by atoms with van der Waals surface area (Å²) in [5, 5.41) is 3.07. The summed E-state index contributed by atoms with van der Waals surface area (Å²) in [5.41, 5.74) is 1.72. The first-order chi connectivity index (χ1) is 7.56. The summed E-state index contributed by atoms with van der Waals surface area (Å²) in [6.45, 7) is 5.82. The van der Waals surface area contributed by atoms with Gasteiger partial charge in [0, 0.05) is 20.1 Å². The normalized spacial score (nSPS) is 10.9. The molecule has 1 rings (SSSR count). The third kappa shape index (κ3) is 3.20. The van der Waals surface area contributed by atoms with Crippen LogP contribution < -0.4 is 10.2 Å². The van der Waals surface area contributed by atoms with Gasteiger partial charge in [0.25, 0.3) is 0 Å². The predicted octanol–water partition coefficient (Wildman–Crippen LogP) is 2.64. The van der Waals surface area contributed by atoms with Crippen LogP contribution in [-0.4, -0.2) is 20.6 Å². The molecule has 16 heavy (non-hydrogen) atoms. The van der Waals surface area contributed by atoms with Crippen LogP contribution in [0.3, 0.4) is 0 Å². The summed E-state index contributed by atoms with van der Waals surface area (Å²) in [6.07, 6.45) is 0. The molecule has 0 bridgehead atoms. The summed E-state index contributed by atoms with van der Waals surface area (Å²) < 4.78 is 13.8. The van der Waals surface area contributed by atoms with Crippen molar-refractivity contribution in [1.82, 2.24) is 5.32 Å². The molecule has 3 heteroatoms. The molecule has 90 valence electrons. The van der Waals surface area contributed by atoms with Crippen LogP contribution in [0.15, 0.2) is 18.2 Å². The van der Waals surface area contributed by atoms with E-state index in [0.717, 1.165) is 12.1 Å². The Bertz CT molecular complexity index is 337. The van der Waals surface area contributed by atoms with Crippen molar-refractivity contribution in [3.8, 4) is 0 Å². The van der Waals surface area contributed by atoms with E-state index >= 15 is 0 Å². The SMILES string of the molecule is CNCc1cccc(F)c1N(C)CC(C)C. The molecule has 0 unspecified atom stereocenters. The smallest absolute Gasteiger partial charge is 0.146 e. The van der Waals surface area contributed by atoms with E-state index in [2.05, 4.69) is 19.2 Å². The van der Waals surface area contributed by atoms with Gasteiger partial charge in [-0.25, -0.2) is 4.39 Å². The maximum atomic E-state index is 13.8. The van der Waals surface area contributed by atoms with Crippen molar-refractivity contribution in [1.29, 1.82) is 0 Å². The fourth-order valence-electron chi connectivity index (χ4n) is 1.96. The van der Waals surface area contributed by atoms with Crippen LogP contribution in [0, 0.1) is 11.7 Å². The minimum absolute atomic E-state index is 0.143. The van der Waals surface area contributed by atoms with E-state index < -0.39 is 0 Å². The summed E-state index contributed by atoms with van der Waals surface area (Å²) in [5.74, 6) is 0.378. The summed E-state index contributed by atoms with van der Waals surface area (Å²) >= 11 is 0. The van der Waals surface area contributed by atoms with Crippen molar-refractivity contribution >= 4 is 5.69 Å². The van der Waals surface area contributed by atoms with Crippen molar-refractivity contribution in [2.24, 2.45) is 5.92 Å². The Kier molecular flexibility index (Phi) is 4.74. The Labute approximate surface area is 97.5 Å². The molecule has 1 N–H and O–H groups in total. The zero-order chi connectivity index (χ0) is 12.1. The standard InChI is InChI=1S/C13H21FN2/c1-10(2)9-16(4)13-11(8-15-3)6-5-7-12(13)14/h5-7,10,15H,8-9H2,1-4H3. The Morgan fingerprint density at radius 1 is 1.38 bits per heavy atom. The van der Waals surface area contributed by atoms with Gasteiger partial charge in [0.15, 0.2) is 0 Å². The van der Waals surface area contributed by atoms with E-state index in [0.29, 0.717) is 18.2 Å². The van der Waals surface area contributed by atoms with Crippen molar-refractivity contribution in [2.75, 3.05) is 25.5 Å². The number of hydrogen-bond donors (Lipinski definition) is 1. The van der Waals surface area contributed by atoms with Crippen LogP contribution in [-0.2, 0) is 6.54 Å².